The number of aromatic nitrogens is 4. The van der Waals surface area contributed by atoms with Crippen LogP contribution in [0, 0.1) is 0 Å². The zero-order valence-corrected chi connectivity index (χ0v) is 14.8. The van der Waals surface area contributed by atoms with Crippen molar-refractivity contribution in [3.8, 4) is 0 Å². The third kappa shape index (κ3) is 4.25. The Bertz CT molecular complexity index is 657. The Kier molecular flexibility index (Phi) is 5.37. The lowest BCUT2D eigenvalue weighted by Crippen LogP contribution is -2.29. The molecule has 0 aliphatic carbocycles. The molecule has 1 aromatic heterocycles. The predicted octanol–water partition coefficient (Wildman–Crippen LogP) is 2.60. The maximum Gasteiger partial charge on any atom is 0.154 e. The van der Waals surface area contributed by atoms with Crippen LogP contribution >= 0.6 is 0 Å². The standard InChI is InChI=1S/C19H27N5O/c1-2-10-23(11-3-1)14-16-4-6-17(7-5-16)15-24-19(20-21-22-24)18-8-12-25-13-9-18/h4-7,18H,1-3,8-15H2. The molecular weight excluding hydrogens is 314 g/mol. The van der Waals surface area contributed by atoms with Crippen LogP contribution in [0.25, 0.3) is 0 Å². The summed E-state index contributed by atoms with van der Waals surface area (Å²) in [4.78, 5) is 2.56. The van der Waals surface area contributed by atoms with Gasteiger partial charge < -0.3 is 4.74 Å². The molecular formula is C19H27N5O. The van der Waals surface area contributed by atoms with Crippen molar-refractivity contribution >= 4 is 0 Å². The Balaban J connectivity index is 1.39. The minimum absolute atomic E-state index is 0.419. The lowest BCUT2D eigenvalue weighted by molar-refractivity contribution is 0.0826. The predicted molar refractivity (Wildman–Crippen MR) is 95.3 cm³/mol. The summed E-state index contributed by atoms with van der Waals surface area (Å²) in [5.74, 6) is 1.42. The first kappa shape index (κ1) is 16.7. The summed E-state index contributed by atoms with van der Waals surface area (Å²) in [5.41, 5.74) is 2.65. The molecule has 25 heavy (non-hydrogen) atoms. The van der Waals surface area contributed by atoms with E-state index >= 15 is 0 Å². The third-order valence-corrected chi connectivity index (χ3v) is 5.36. The molecule has 0 amide bonds. The highest BCUT2D eigenvalue weighted by molar-refractivity contribution is 5.23. The Labute approximate surface area is 149 Å². The smallest absolute Gasteiger partial charge is 0.154 e. The van der Waals surface area contributed by atoms with Crippen molar-refractivity contribution in [2.24, 2.45) is 0 Å². The molecule has 4 rings (SSSR count). The lowest BCUT2D eigenvalue weighted by atomic mass is 9.99. The maximum atomic E-state index is 5.45. The molecule has 2 aliphatic heterocycles. The van der Waals surface area contributed by atoms with Gasteiger partial charge in [-0.2, -0.15) is 0 Å². The number of ether oxygens (including phenoxy) is 1. The zero-order chi connectivity index (χ0) is 16.9. The first-order chi connectivity index (χ1) is 12.4. The van der Waals surface area contributed by atoms with E-state index in [0.29, 0.717) is 5.92 Å². The first-order valence-corrected chi connectivity index (χ1v) is 9.52. The monoisotopic (exact) mass is 341 g/mol. The van der Waals surface area contributed by atoms with E-state index < -0.39 is 0 Å². The molecule has 0 unspecified atom stereocenters. The van der Waals surface area contributed by atoms with E-state index in [9.17, 15) is 0 Å². The molecule has 3 heterocycles. The van der Waals surface area contributed by atoms with Crippen molar-refractivity contribution in [2.75, 3.05) is 26.3 Å². The second-order valence-corrected chi connectivity index (χ2v) is 7.23. The van der Waals surface area contributed by atoms with Crippen molar-refractivity contribution in [1.82, 2.24) is 25.1 Å². The van der Waals surface area contributed by atoms with Crippen molar-refractivity contribution in [3.63, 3.8) is 0 Å². The fourth-order valence-corrected chi connectivity index (χ4v) is 3.87. The second-order valence-electron chi connectivity index (χ2n) is 7.23. The molecule has 1 aromatic carbocycles. The van der Waals surface area contributed by atoms with Crippen LogP contribution in [0.1, 0.15) is 55.0 Å². The van der Waals surface area contributed by atoms with E-state index in [-0.39, 0.29) is 0 Å². The largest absolute Gasteiger partial charge is 0.381 e. The summed E-state index contributed by atoms with van der Waals surface area (Å²) in [6.45, 7) is 5.90. The van der Waals surface area contributed by atoms with Crippen LogP contribution < -0.4 is 0 Å². The van der Waals surface area contributed by atoms with Crippen molar-refractivity contribution in [3.05, 3.63) is 41.2 Å². The Morgan fingerprint density at radius 1 is 0.920 bits per heavy atom. The van der Waals surface area contributed by atoms with Crippen LogP contribution in [-0.4, -0.2) is 51.4 Å². The van der Waals surface area contributed by atoms with Gasteiger partial charge in [0.1, 0.15) is 0 Å². The molecule has 2 aliphatic rings. The minimum atomic E-state index is 0.419. The van der Waals surface area contributed by atoms with E-state index in [2.05, 4.69) is 44.7 Å². The van der Waals surface area contributed by atoms with Gasteiger partial charge in [0.2, 0.25) is 0 Å². The summed E-state index contributed by atoms with van der Waals surface area (Å²) in [5, 5.41) is 12.4. The molecule has 6 nitrogen and oxygen atoms in total. The van der Waals surface area contributed by atoms with Gasteiger partial charge in [0, 0.05) is 25.7 Å². The van der Waals surface area contributed by atoms with Crippen LogP contribution in [0.15, 0.2) is 24.3 Å². The summed E-state index contributed by atoms with van der Waals surface area (Å²) in [7, 11) is 0. The van der Waals surface area contributed by atoms with Gasteiger partial charge >= 0.3 is 0 Å². The molecule has 0 saturated carbocycles. The molecule has 2 saturated heterocycles. The highest BCUT2D eigenvalue weighted by atomic mass is 16.5. The van der Waals surface area contributed by atoms with Gasteiger partial charge in [-0.15, -0.1) is 5.10 Å². The van der Waals surface area contributed by atoms with E-state index in [0.717, 1.165) is 45.0 Å². The van der Waals surface area contributed by atoms with Gasteiger partial charge in [-0.25, -0.2) is 4.68 Å². The Morgan fingerprint density at radius 2 is 1.60 bits per heavy atom. The molecule has 2 fully saturated rings. The number of piperidine rings is 1. The quantitative estimate of drug-likeness (QED) is 0.837. The van der Waals surface area contributed by atoms with Crippen LogP contribution in [0.2, 0.25) is 0 Å². The average Bonchev–Trinajstić information content (AvgIpc) is 3.13. The highest BCUT2D eigenvalue weighted by Gasteiger charge is 2.22. The molecule has 0 spiro atoms. The molecule has 134 valence electrons. The number of tetrazole rings is 1. The zero-order valence-electron chi connectivity index (χ0n) is 14.8. The Hall–Kier alpha value is -1.79. The van der Waals surface area contributed by atoms with E-state index in [1.165, 1.54) is 43.5 Å². The number of rotatable bonds is 5. The first-order valence-electron chi connectivity index (χ1n) is 9.52. The summed E-state index contributed by atoms with van der Waals surface area (Å²) >= 11 is 0. The fraction of sp³-hybridized carbons (Fsp3) is 0.632. The number of likely N-dealkylation sites (tertiary alicyclic amines) is 1. The number of hydrogen-bond donors (Lipinski definition) is 0. The van der Waals surface area contributed by atoms with Gasteiger partial charge in [-0.05, 0) is 60.3 Å². The number of hydrogen-bond acceptors (Lipinski definition) is 5. The van der Waals surface area contributed by atoms with Crippen LogP contribution in [0.5, 0.6) is 0 Å². The summed E-state index contributed by atoms with van der Waals surface area (Å²) < 4.78 is 7.40. The summed E-state index contributed by atoms with van der Waals surface area (Å²) in [6.07, 6.45) is 6.08. The molecule has 6 heteroatoms. The van der Waals surface area contributed by atoms with Gasteiger partial charge in [-0.3, -0.25) is 4.90 Å². The third-order valence-electron chi connectivity index (χ3n) is 5.36. The van der Waals surface area contributed by atoms with Gasteiger partial charge in [0.25, 0.3) is 0 Å². The van der Waals surface area contributed by atoms with Crippen molar-refractivity contribution in [1.29, 1.82) is 0 Å². The number of nitrogens with zero attached hydrogens (tertiary/aromatic N) is 5. The SMILES string of the molecule is c1cc(Cn2nnnc2C2CCOCC2)ccc1CN1CCCCC1. The van der Waals surface area contributed by atoms with Crippen LogP contribution in [0.4, 0.5) is 0 Å². The lowest BCUT2D eigenvalue weighted by Gasteiger charge is -2.26. The van der Waals surface area contributed by atoms with Gasteiger partial charge in [0.05, 0.1) is 6.54 Å². The second kappa shape index (κ2) is 8.06. The number of benzene rings is 1. The molecule has 0 N–H and O–H groups in total. The van der Waals surface area contributed by atoms with Crippen molar-refractivity contribution in [2.45, 2.75) is 51.1 Å². The van der Waals surface area contributed by atoms with E-state index in [1.54, 1.807) is 0 Å². The van der Waals surface area contributed by atoms with E-state index in [4.69, 9.17) is 4.74 Å². The normalized spacial score (nSPS) is 20.0. The molecule has 0 radical (unpaired) electrons. The van der Waals surface area contributed by atoms with E-state index in [1.807, 2.05) is 4.68 Å². The fourth-order valence-electron chi connectivity index (χ4n) is 3.87. The summed E-state index contributed by atoms with van der Waals surface area (Å²) in [6, 6.07) is 8.94. The van der Waals surface area contributed by atoms with Gasteiger partial charge in [-0.1, -0.05) is 30.7 Å². The van der Waals surface area contributed by atoms with Crippen molar-refractivity contribution < 1.29 is 4.74 Å². The topological polar surface area (TPSA) is 56.1 Å². The van der Waals surface area contributed by atoms with Gasteiger partial charge in [0.15, 0.2) is 5.82 Å². The maximum absolute atomic E-state index is 5.45. The average molecular weight is 341 g/mol. The molecule has 2 aromatic rings. The van der Waals surface area contributed by atoms with Crippen LogP contribution in [-0.2, 0) is 17.8 Å². The Morgan fingerprint density at radius 3 is 2.32 bits per heavy atom. The van der Waals surface area contributed by atoms with Crippen LogP contribution in [0.3, 0.4) is 0 Å². The molecule has 0 bridgehead atoms. The molecule has 0 atom stereocenters. The highest BCUT2D eigenvalue weighted by Crippen LogP contribution is 2.25. The minimum Gasteiger partial charge on any atom is -0.381 e.